The quantitative estimate of drug-likeness (QED) is 0.199. The average Bonchev–Trinajstić information content (AvgIpc) is 3.03. The molecule has 264 valence electrons. The number of nitrogens with zero attached hydrogens (tertiary/aromatic N) is 2. The Labute approximate surface area is 308 Å². The van der Waals surface area contributed by atoms with E-state index >= 15 is 0 Å². The average molecular weight is 687 g/mol. The van der Waals surface area contributed by atoms with Gasteiger partial charge >= 0.3 is 0 Å². The molecule has 5 rings (SSSR count). The molecule has 0 saturated carbocycles. The van der Waals surface area contributed by atoms with Gasteiger partial charge in [0, 0.05) is 27.8 Å². The van der Waals surface area contributed by atoms with Gasteiger partial charge in [-0.3, -0.25) is 0 Å². The Balaban J connectivity index is 1.71. The van der Waals surface area contributed by atoms with Crippen molar-refractivity contribution in [3.8, 4) is 0 Å². The minimum Gasteiger partial charge on any atom is -0.334 e. The second-order valence-electron chi connectivity index (χ2n) is 18.2. The highest BCUT2D eigenvalue weighted by Crippen LogP contribution is 2.45. The SMILES string of the molecule is Cc1c(N(c2ccc(C(C)(C)C)cc2)c2ccc(C(C)(C)C)cc2)cc(Cl)cc1N(c1ccc(C(C)(C)C)cc1)C1C=CC(C(C)(C)C)=CC1. The van der Waals surface area contributed by atoms with E-state index in [1.165, 1.54) is 27.8 Å². The van der Waals surface area contributed by atoms with E-state index in [0.717, 1.165) is 34.9 Å². The lowest BCUT2D eigenvalue weighted by molar-refractivity contribution is 0.510. The van der Waals surface area contributed by atoms with Crippen molar-refractivity contribution in [2.75, 3.05) is 9.80 Å². The van der Waals surface area contributed by atoms with Gasteiger partial charge in [0.1, 0.15) is 0 Å². The molecule has 0 fully saturated rings. The highest BCUT2D eigenvalue weighted by atomic mass is 35.5. The molecule has 0 radical (unpaired) electrons. The van der Waals surface area contributed by atoms with Gasteiger partial charge in [-0.25, -0.2) is 0 Å². The van der Waals surface area contributed by atoms with Gasteiger partial charge in [-0.2, -0.15) is 0 Å². The summed E-state index contributed by atoms with van der Waals surface area (Å²) >= 11 is 7.17. The highest BCUT2D eigenvalue weighted by Gasteiger charge is 2.28. The Morgan fingerprint density at radius 3 is 1.30 bits per heavy atom. The molecule has 0 saturated heterocycles. The van der Waals surface area contributed by atoms with Crippen LogP contribution >= 0.6 is 11.6 Å². The molecule has 0 bridgehead atoms. The molecular weight excluding hydrogens is 628 g/mol. The maximum atomic E-state index is 7.17. The molecule has 0 N–H and O–H groups in total. The first-order chi connectivity index (χ1) is 23.1. The van der Waals surface area contributed by atoms with Crippen molar-refractivity contribution in [2.24, 2.45) is 5.41 Å². The van der Waals surface area contributed by atoms with E-state index in [4.69, 9.17) is 11.6 Å². The molecule has 3 heteroatoms. The first-order valence-electron chi connectivity index (χ1n) is 18.2. The number of hydrogen-bond acceptors (Lipinski definition) is 2. The van der Waals surface area contributed by atoms with Crippen molar-refractivity contribution in [1.82, 2.24) is 0 Å². The van der Waals surface area contributed by atoms with Gasteiger partial charge < -0.3 is 9.80 Å². The lowest BCUT2D eigenvalue weighted by Gasteiger charge is -2.37. The van der Waals surface area contributed by atoms with Gasteiger partial charge in [-0.05, 0) is 111 Å². The molecule has 50 heavy (non-hydrogen) atoms. The van der Waals surface area contributed by atoms with Crippen LogP contribution in [0.25, 0.3) is 0 Å². The first kappa shape index (κ1) is 37.5. The zero-order valence-corrected chi connectivity index (χ0v) is 33.6. The van der Waals surface area contributed by atoms with Gasteiger partial charge in [-0.1, -0.05) is 149 Å². The van der Waals surface area contributed by atoms with Crippen molar-refractivity contribution in [3.63, 3.8) is 0 Å². The standard InChI is InChI=1S/C47H59ClN2/c1-32-42(49(38-22-14-33(15-23-38)44(2,3)4)39-24-16-34(17-25-39)45(5,6)7)30-37(48)31-43(32)50(40-26-18-35(19-27-40)46(8,9)10)41-28-20-36(21-29-41)47(11,12)13/h14-28,30-31,41H,29H2,1-13H3. The molecule has 1 aliphatic rings. The summed E-state index contributed by atoms with van der Waals surface area (Å²) in [5, 5.41) is 0.713. The molecule has 0 aromatic heterocycles. The molecular formula is C47H59ClN2. The predicted molar refractivity (Wildman–Crippen MR) is 221 cm³/mol. The Hall–Kier alpha value is -3.75. The third kappa shape index (κ3) is 8.24. The Kier molecular flexibility index (Phi) is 10.3. The van der Waals surface area contributed by atoms with E-state index < -0.39 is 0 Å². The lowest BCUT2D eigenvalue weighted by atomic mass is 9.82. The van der Waals surface area contributed by atoms with E-state index in [-0.39, 0.29) is 27.7 Å². The number of anilines is 5. The smallest absolute Gasteiger partial charge is 0.0560 e. The van der Waals surface area contributed by atoms with E-state index in [1.807, 2.05) is 0 Å². The van der Waals surface area contributed by atoms with Crippen LogP contribution in [0.3, 0.4) is 0 Å². The maximum Gasteiger partial charge on any atom is 0.0560 e. The van der Waals surface area contributed by atoms with Crippen molar-refractivity contribution in [2.45, 2.75) is 119 Å². The monoisotopic (exact) mass is 686 g/mol. The summed E-state index contributed by atoms with van der Waals surface area (Å²) in [6.07, 6.45) is 8.04. The number of halogens is 1. The topological polar surface area (TPSA) is 6.48 Å². The summed E-state index contributed by atoms with van der Waals surface area (Å²) < 4.78 is 0. The summed E-state index contributed by atoms with van der Waals surface area (Å²) in [5.74, 6) is 0. The van der Waals surface area contributed by atoms with Crippen LogP contribution in [0.15, 0.2) is 109 Å². The molecule has 4 aromatic carbocycles. The fourth-order valence-electron chi connectivity index (χ4n) is 6.77. The molecule has 1 atom stereocenters. The summed E-state index contributed by atoms with van der Waals surface area (Å²) in [4.78, 5) is 4.87. The van der Waals surface area contributed by atoms with Crippen LogP contribution in [0, 0.1) is 12.3 Å². The van der Waals surface area contributed by atoms with E-state index in [9.17, 15) is 0 Å². The van der Waals surface area contributed by atoms with Crippen LogP contribution in [-0.2, 0) is 16.2 Å². The fraction of sp³-hybridized carbons (Fsp3) is 0.404. The zero-order chi connectivity index (χ0) is 36.8. The summed E-state index contributed by atoms with van der Waals surface area (Å²) in [6.45, 7) is 29.5. The summed E-state index contributed by atoms with van der Waals surface area (Å²) in [5.41, 5.74) is 12.4. The number of allylic oxidation sites excluding steroid dienone is 2. The van der Waals surface area contributed by atoms with Gasteiger partial charge in [0.15, 0.2) is 0 Å². The number of hydrogen-bond donors (Lipinski definition) is 0. The normalized spacial score (nSPS) is 15.6. The molecule has 2 nitrogen and oxygen atoms in total. The molecule has 0 spiro atoms. The molecule has 1 unspecified atom stereocenters. The van der Waals surface area contributed by atoms with Crippen molar-refractivity contribution in [1.29, 1.82) is 0 Å². The Morgan fingerprint density at radius 1 is 0.540 bits per heavy atom. The Morgan fingerprint density at radius 2 is 0.940 bits per heavy atom. The third-order valence-electron chi connectivity index (χ3n) is 10.1. The minimum atomic E-state index is 0.0642. The number of benzene rings is 4. The maximum absolute atomic E-state index is 7.17. The van der Waals surface area contributed by atoms with E-state index in [1.54, 1.807) is 0 Å². The van der Waals surface area contributed by atoms with Gasteiger partial charge in [0.05, 0.1) is 11.7 Å². The van der Waals surface area contributed by atoms with Gasteiger partial charge in [0.2, 0.25) is 0 Å². The largest absolute Gasteiger partial charge is 0.334 e. The van der Waals surface area contributed by atoms with Gasteiger partial charge in [0.25, 0.3) is 0 Å². The second kappa shape index (κ2) is 13.8. The minimum absolute atomic E-state index is 0.0642. The van der Waals surface area contributed by atoms with Crippen LogP contribution in [0.2, 0.25) is 5.02 Å². The highest BCUT2D eigenvalue weighted by molar-refractivity contribution is 6.31. The molecule has 0 aliphatic heterocycles. The predicted octanol–water partition coefficient (Wildman–Crippen LogP) is 14.4. The van der Waals surface area contributed by atoms with Crippen LogP contribution in [0.1, 0.15) is 112 Å². The summed E-state index contributed by atoms with van der Waals surface area (Å²) in [7, 11) is 0. The molecule has 1 aliphatic carbocycles. The van der Waals surface area contributed by atoms with Crippen molar-refractivity contribution >= 4 is 40.0 Å². The summed E-state index contributed by atoms with van der Waals surface area (Å²) in [6, 6.07) is 31.6. The Bertz CT molecular complexity index is 1790. The fourth-order valence-corrected chi connectivity index (χ4v) is 6.98. The molecule has 0 amide bonds. The molecule has 4 aromatic rings. The van der Waals surface area contributed by atoms with E-state index in [0.29, 0.717) is 5.02 Å². The van der Waals surface area contributed by atoms with Crippen LogP contribution in [0.4, 0.5) is 28.4 Å². The van der Waals surface area contributed by atoms with Crippen molar-refractivity contribution < 1.29 is 0 Å². The molecule has 0 heterocycles. The number of rotatable bonds is 6. The second-order valence-corrected chi connectivity index (χ2v) is 18.7. The van der Waals surface area contributed by atoms with E-state index in [2.05, 4.69) is 203 Å². The third-order valence-corrected chi connectivity index (χ3v) is 10.3. The van der Waals surface area contributed by atoms with Crippen LogP contribution in [-0.4, -0.2) is 6.04 Å². The van der Waals surface area contributed by atoms with Gasteiger partial charge in [-0.15, -0.1) is 0 Å². The van der Waals surface area contributed by atoms with Crippen molar-refractivity contribution in [3.05, 3.63) is 136 Å². The first-order valence-corrected chi connectivity index (χ1v) is 18.6. The van der Waals surface area contributed by atoms with Crippen LogP contribution < -0.4 is 9.80 Å². The van der Waals surface area contributed by atoms with Crippen LogP contribution in [0.5, 0.6) is 0 Å². The zero-order valence-electron chi connectivity index (χ0n) is 32.9. The lowest BCUT2D eigenvalue weighted by Crippen LogP contribution is -2.32.